The maximum absolute atomic E-state index is 11.1. The first-order chi connectivity index (χ1) is 12.2. The van der Waals surface area contributed by atoms with E-state index in [1.165, 1.54) is 31.3 Å². The van der Waals surface area contributed by atoms with Gasteiger partial charge in [0.15, 0.2) is 0 Å². The van der Waals surface area contributed by atoms with Gasteiger partial charge in [-0.2, -0.15) is 0 Å². The van der Waals surface area contributed by atoms with Gasteiger partial charge >= 0.3 is 0 Å². The summed E-state index contributed by atoms with van der Waals surface area (Å²) < 4.78 is 5.55. The largest absolute Gasteiger partial charge is 0.496 e. The Kier molecular flexibility index (Phi) is 5.54. The minimum absolute atomic E-state index is 0.267. The van der Waals surface area contributed by atoms with Crippen LogP contribution in [0.2, 0.25) is 0 Å². The number of amides is 1. The van der Waals surface area contributed by atoms with Gasteiger partial charge in [0.05, 0.1) is 7.11 Å². The molecule has 2 N–H and O–H groups in total. The van der Waals surface area contributed by atoms with Gasteiger partial charge in [-0.05, 0) is 60.9 Å². The zero-order valence-electron chi connectivity index (χ0n) is 14.8. The second kappa shape index (κ2) is 8.02. The lowest BCUT2D eigenvalue weighted by Crippen LogP contribution is -2.11. The molecule has 0 bridgehead atoms. The standard InChI is InChI=1S/C22H25NO2/c1-25-21-12-10-18(15-19(21)14-16-6-2-3-7-16)20-9-5-4-8-17(20)11-13-22(23)24/h4-5,8-10,12,14-15H,2-3,6-7,11,13H2,1H3,(H2,23,24). The molecule has 0 saturated heterocycles. The van der Waals surface area contributed by atoms with Crippen molar-refractivity contribution in [2.45, 2.75) is 38.5 Å². The number of aryl methyl sites for hydroxylation is 1. The minimum atomic E-state index is -0.267. The number of nitrogens with two attached hydrogens (primary N) is 1. The van der Waals surface area contributed by atoms with E-state index in [0.717, 1.165) is 28.0 Å². The number of benzene rings is 2. The number of carbonyl (C=O) groups is 1. The topological polar surface area (TPSA) is 52.3 Å². The van der Waals surface area contributed by atoms with E-state index in [4.69, 9.17) is 10.5 Å². The lowest BCUT2D eigenvalue weighted by molar-refractivity contribution is -0.117. The molecule has 1 aliphatic carbocycles. The molecule has 25 heavy (non-hydrogen) atoms. The first kappa shape index (κ1) is 17.3. The minimum Gasteiger partial charge on any atom is -0.496 e. The van der Waals surface area contributed by atoms with Gasteiger partial charge in [-0.3, -0.25) is 4.79 Å². The molecule has 0 spiro atoms. The number of carbonyl (C=O) groups excluding carboxylic acids is 1. The number of hydrogen-bond donors (Lipinski definition) is 1. The molecular weight excluding hydrogens is 310 g/mol. The number of hydrogen-bond acceptors (Lipinski definition) is 2. The molecule has 1 aliphatic rings. The SMILES string of the molecule is COc1ccc(-c2ccccc2CCC(N)=O)cc1C=C1CCCC1. The van der Waals surface area contributed by atoms with Gasteiger partial charge in [-0.1, -0.05) is 42.0 Å². The third-order valence-corrected chi connectivity index (χ3v) is 4.80. The number of methoxy groups -OCH3 is 1. The summed E-state index contributed by atoms with van der Waals surface area (Å²) in [7, 11) is 1.71. The maximum atomic E-state index is 11.1. The van der Waals surface area contributed by atoms with Crippen LogP contribution in [-0.4, -0.2) is 13.0 Å². The summed E-state index contributed by atoms with van der Waals surface area (Å²) in [6.45, 7) is 0. The van der Waals surface area contributed by atoms with E-state index >= 15 is 0 Å². The van der Waals surface area contributed by atoms with Crippen molar-refractivity contribution in [3.63, 3.8) is 0 Å². The molecule has 3 nitrogen and oxygen atoms in total. The average Bonchev–Trinajstić information content (AvgIpc) is 3.13. The predicted octanol–water partition coefficient (Wildman–Crippen LogP) is 4.74. The highest BCUT2D eigenvalue weighted by molar-refractivity contribution is 5.76. The van der Waals surface area contributed by atoms with Crippen molar-refractivity contribution in [3.05, 3.63) is 59.2 Å². The van der Waals surface area contributed by atoms with Gasteiger partial charge < -0.3 is 10.5 Å². The van der Waals surface area contributed by atoms with Crippen molar-refractivity contribution in [1.82, 2.24) is 0 Å². The monoisotopic (exact) mass is 335 g/mol. The Morgan fingerprint density at radius 3 is 2.64 bits per heavy atom. The summed E-state index contributed by atoms with van der Waals surface area (Å²) >= 11 is 0. The van der Waals surface area contributed by atoms with E-state index in [-0.39, 0.29) is 5.91 Å². The second-order valence-electron chi connectivity index (χ2n) is 6.59. The van der Waals surface area contributed by atoms with Gasteiger partial charge in [-0.25, -0.2) is 0 Å². The van der Waals surface area contributed by atoms with Crippen molar-refractivity contribution in [2.75, 3.05) is 7.11 Å². The molecular formula is C22H25NO2. The van der Waals surface area contributed by atoms with Gasteiger partial charge in [0, 0.05) is 12.0 Å². The van der Waals surface area contributed by atoms with Gasteiger partial charge in [0.2, 0.25) is 5.91 Å². The first-order valence-corrected chi connectivity index (χ1v) is 8.91. The fourth-order valence-corrected chi connectivity index (χ4v) is 3.49. The van der Waals surface area contributed by atoms with Crippen molar-refractivity contribution in [1.29, 1.82) is 0 Å². The normalized spacial score (nSPS) is 13.7. The van der Waals surface area contributed by atoms with Crippen LogP contribution in [0.5, 0.6) is 5.75 Å². The summed E-state index contributed by atoms with van der Waals surface area (Å²) in [5.41, 5.74) is 11.4. The zero-order valence-corrected chi connectivity index (χ0v) is 14.8. The smallest absolute Gasteiger partial charge is 0.217 e. The van der Waals surface area contributed by atoms with Crippen LogP contribution in [-0.2, 0) is 11.2 Å². The summed E-state index contributed by atoms with van der Waals surface area (Å²) in [5, 5.41) is 0. The number of rotatable bonds is 6. The molecule has 3 heteroatoms. The predicted molar refractivity (Wildman–Crippen MR) is 102 cm³/mol. The van der Waals surface area contributed by atoms with Crippen molar-refractivity contribution in [2.24, 2.45) is 5.73 Å². The van der Waals surface area contributed by atoms with Gasteiger partial charge in [0.1, 0.15) is 5.75 Å². The van der Waals surface area contributed by atoms with Crippen LogP contribution >= 0.6 is 0 Å². The molecule has 0 aliphatic heterocycles. The highest BCUT2D eigenvalue weighted by Gasteiger charge is 2.11. The molecule has 1 saturated carbocycles. The van der Waals surface area contributed by atoms with E-state index in [2.05, 4.69) is 30.3 Å². The molecule has 0 radical (unpaired) electrons. The lowest BCUT2D eigenvalue weighted by atomic mass is 9.94. The van der Waals surface area contributed by atoms with Crippen molar-refractivity contribution >= 4 is 12.0 Å². The fourth-order valence-electron chi connectivity index (χ4n) is 3.49. The van der Waals surface area contributed by atoms with Crippen LogP contribution in [0.1, 0.15) is 43.2 Å². The Balaban J connectivity index is 1.98. The zero-order chi connectivity index (χ0) is 17.6. The quantitative estimate of drug-likeness (QED) is 0.829. The van der Waals surface area contributed by atoms with E-state index in [9.17, 15) is 4.79 Å². The van der Waals surface area contributed by atoms with Gasteiger partial charge in [0.25, 0.3) is 0 Å². The molecule has 0 heterocycles. The van der Waals surface area contributed by atoms with Crippen LogP contribution in [0.4, 0.5) is 0 Å². The summed E-state index contributed by atoms with van der Waals surface area (Å²) in [6, 6.07) is 14.5. The third kappa shape index (κ3) is 4.30. The molecule has 1 amide bonds. The lowest BCUT2D eigenvalue weighted by Gasteiger charge is -2.12. The summed E-state index contributed by atoms with van der Waals surface area (Å²) in [5.74, 6) is 0.633. The van der Waals surface area contributed by atoms with Crippen LogP contribution in [0, 0.1) is 0 Å². The van der Waals surface area contributed by atoms with E-state index in [0.29, 0.717) is 12.8 Å². The van der Waals surface area contributed by atoms with Crippen molar-refractivity contribution in [3.8, 4) is 16.9 Å². The van der Waals surface area contributed by atoms with Crippen LogP contribution < -0.4 is 10.5 Å². The molecule has 3 rings (SSSR count). The summed E-state index contributed by atoms with van der Waals surface area (Å²) in [4.78, 5) is 11.1. The molecule has 1 fully saturated rings. The molecule has 0 unspecified atom stereocenters. The third-order valence-electron chi connectivity index (χ3n) is 4.80. The Labute approximate surface area is 149 Å². The molecule has 2 aromatic rings. The van der Waals surface area contributed by atoms with E-state index in [1.807, 2.05) is 18.2 Å². The fraction of sp³-hybridized carbons (Fsp3) is 0.318. The molecule has 2 aromatic carbocycles. The average molecular weight is 335 g/mol. The van der Waals surface area contributed by atoms with Crippen molar-refractivity contribution < 1.29 is 9.53 Å². The summed E-state index contributed by atoms with van der Waals surface area (Å²) in [6.07, 6.45) is 8.23. The Morgan fingerprint density at radius 1 is 1.16 bits per heavy atom. The maximum Gasteiger partial charge on any atom is 0.217 e. The first-order valence-electron chi connectivity index (χ1n) is 8.91. The molecule has 0 atom stereocenters. The Morgan fingerprint density at radius 2 is 1.92 bits per heavy atom. The molecule has 130 valence electrons. The Bertz CT molecular complexity index is 784. The van der Waals surface area contributed by atoms with Crippen LogP contribution in [0.25, 0.3) is 17.2 Å². The van der Waals surface area contributed by atoms with E-state index in [1.54, 1.807) is 7.11 Å². The highest BCUT2D eigenvalue weighted by atomic mass is 16.5. The van der Waals surface area contributed by atoms with Crippen LogP contribution in [0.15, 0.2) is 48.0 Å². The Hall–Kier alpha value is -2.55. The second-order valence-corrected chi connectivity index (χ2v) is 6.59. The van der Waals surface area contributed by atoms with E-state index < -0.39 is 0 Å². The number of primary amides is 1. The highest BCUT2D eigenvalue weighted by Crippen LogP contribution is 2.33. The van der Waals surface area contributed by atoms with Crippen LogP contribution in [0.3, 0.4) is 0 Å². The molecule has 0 aromatic heterocycles. The van der Waals surface area contributed by atoms with Gasteiger partial charge in [-0.15, -0.1) is 0 Å². The number of ether oxygens (including phenoxy) is 1. The number of allylic oxidation sites excluding steroid dienone is 1.